The molecule has 0 saturated heterocycles. The van der Waals surface area contributed by atoms with Crippen molar-refractivity contribution in [3.63, 3.8) is 0 Å². The highest BCUT2D eigenvalue weighted by Crippen LogP contribution is 2.34. The van der Waals surface area contributed by atoms with E-state index < -0.39 is 28.5 Å². The third-order valence-electron chi connectivity index (χ3n) is 5.42. The van der Waals surface area contributed by atoms with Crippen molar-refractivity contribution in [3.8, 4) is 17.2 Å². The van der Waals surface area contributed by atoms with Crippen LogP contribution in [0.4, 0.5) is 5.69 Å². The molecule has 198 valence electrons. The van der Waals surface area contributed by atoms with Gasteiger partial charge in [-0.3, -0.25) is 13.9 Å². The summed E-state index contributed by atoms with van der Waals surface area (Å²) in [5.74, 6) is 0.312. The van der Waals surface area contributed by atoms with Crippen molar-refractivity contribution in [3.05, 3.63) is 48.0 Å². The lowest BCUT2D eigenvalue weighted by Crippen LogP contribution is -2.52. The van der Waals surface area contributed by atoms with Crippen LogP contribution in [0.2, 0.25) is 0 Å². The van der Waals surface area contributed by atoms with Crippen molar-refractivity contribution >= 4 is 27.5 Å². The lowest BCUT2D eigenvalue weighted by Gasteiger charge is -2.32. The first-order chi connectivity index (χ1) is 16.9. The maximum atomic E-state index is 13.7. The largest absolute Gasteiger partial charge is 0.497 e. The van der Waals surface area contributed by atoms with Gasteiger partial charge in [0.1, 0.15) is 29.8 Å². The Labute approximate surface area is 213 Å². The zero-order valence-electron chi connectivity index (χ0n) is 21.8. The van der Waals surface area contributed by atoms with E-state index in [2.05, 4.69) is 5.32 Å². The molecule has 2 amide bonds. The number of sulfonamides is 1. The number of nitrogens with one attached hydrogen (secondary N) is 1. The van der Waals surface area contributed by atoms with Gasteiger partial charge in [0.15, 0.2) is 0 Å². The van der Waals surface area contributed by atoms with E-state index in [4.69, 9.17) is 14.2 Å². The normalized spacial score (nSPS) is 12.0. The van der Waals surface area contributed by atoms with Crippen LogP contribution in [0.1, 0.15) is 26.3 Å². The van der Waals surface area contributed by atoms with Crippen LogP contribution in [0.5, 0.6) is 17.2 Å². The zero-order valence-corrected chi connectivity index (χ0v) is 22.6. The predicted molar refractivity (Wildman–Crippen MR) is 138 cm³/mol. The Balaban J connectivity index is 2.50. The van der Waals surface area contributed by atoms with Crippen LogP contribution >= 0.6 is 0 Å². The number of methoxy groups -OCH3 is 3. The van der Waals surface area contributed by atoms with Gasteiger partial charge in [0.25, 0.3) is 0 Å². The summed E-state index contributed by atoms with van der Waals surface area (Å²) in [5, 5.41) is 2.81. The van der Waals surface area contributed by atoms with Crippen LogP contribution in [0.25, 0.3) is 0 Å². The average Bonchev–Trinajstić information content (AvgIpc) is 2.83. The van der Waals surface area contributed by atoms with E-state index in [-0.39, 0.29) is 29.9 Å². The lowest BCUT2D eigenvalue weighted by atomic mass is 10.1. The number of anilines is 1. The molecular weight excluding hydrogens is 486 g/mol. The Hall–Kier alpha value is -3.47. The van der Waals surface area contributed by atoms with E-state index in [1.54, 1.807) is 43.3 Å². The van der Waals surface area contributed by atoms with E-state index in [1.807, 2.05) is 13.8 Å². The monoisotopic (exact) mass is 521 g/mol. The second-order valence-corrected chi connectivity index (χ2v) is 10.4. The van der Waals surface area contributed by atoms with Crippen molar-refractivity contribution in [1.82, 2.24) is 10.2 Å². The van der Waals surface area contributed by atoms with Gasteiger partial charge < -0.3 is 24.4 Å². The molecule has 0 saturated carbocycles. The molecule has 1 atom stereocenters. The van der Waals surface area contributed by atoms with Crippen molar-refractivity contribution in [2.45, 2.75) is 39.4 Å². The number of carbonyl (C=O) groups is 2. The standard InChI is InChI=1S/C25H35N3O7S/c1-17(2)26-25(30)18(3)27(15-19-9-8-10-20(13-19)33-4)24(29)16-28(36(7,31)32)22-14-21(34-5)11-12-23(22)35-6/h8-14,17-18H,15-16H2,1-7H3,(H,26,30)/t18-/m1/s1. The topological polar surface area (TPSA) is 114 Å². The summed E-state index contributed by atoms with van der Waals surface area (Å²) in [6.45, 7) is 4.76. The van der Waals surface area contributed by atoms with E-state index in [9.17, 15) is 18.0 Å². The first-order valence-electron chi connectivity index (χ1n) is 11.3. The minimum atomic E-state index is -3.92. The number of amides is 2. The van der Waals surface area contributed by atoms with Crippen LogP contribution in [0.3, 0.4) is 0 Å². The molecule has 2 rings (SSSR count). The predicted octanol–water partition coefficient (Wildman–Crippen LogP) is 2.42. The van der Waals surface area contributed by atoms with Crippen molar-refractivity contribution < 1.29 is 32.2 Å². The molecule has 11 heteroatoms. The maximum Gasteiger partial charge on any atom is 0.244 e. The minimum Gasteiger partial charge on any atom is -0.497 e. The number of nitrogens with zero attached hydrogens (tertiary/aromatic N) is 2. The van der Waals surface area contributed by atoms with Crippen molar-refractivity contribution in [1.29, 1.82) is 0 Å². The summed E-state index contributed by atoms with van der Waals surface area (Å²) in [6.07, 6.45) is 1.00. The summed E-state index contributed by atoms with van der Waals surface area (Å²) in [5.41, 5.74) is 0.866. The average molecular weight is 522 g/mol. The third kappa shape index (κ3) is 7.51. The number of ether oxygens (including phenoxy) is 3. The van der Waals surface area contributed by atoms with E-state index in [0.717, 1.165) is 16.1 Å². The van der Waals surface area contributed by atoms with Gasteiger partial charge in [-0.25, -0.2) is 8.42 Å². The Morgan fingerprint density at radius 3 is 2.14 bits per heavy atom. The summed E-state index contributed by atoms with van der Waals surface area (Å²) >= 11 is 0. The number of carbonyl (C=O) groups excluding carboxylic acids is 2. The molecule has 36 heavy (non-hydrogen) atoms. The highest BCUT2D eigenvalue weighted by atomic mass is 32.2. The Bertz CT molecular complexity index is 1170. The fraction of sp³-hybridized carbons (Fsp3) is 0.440. The third-order valence-corrected chi connectivity index (χ3v) is 6.55. The molecule has 0 heterocycles. The molecule has 0 aliphatic carbocycles. The number of hydrogen-bond acceptors (Lipinski definition) is 7. The fourth-order valence-electron chi connectivity index (χ4n) is 3.54. The second-order valence-electron chi connectivity index (χ2n) is 8.52. The molecular formula is C25H35N3O7S. The molecule has 1 N–H and O–H groups in total. The molecule has 2 aromatic rings. The SMILES string of the molecule is COc1cccc(CN(C(=O)CN(c2cc(OC)ccc2OC)S(C)(=O)=O)[C@H](C)C(=O)NC(C)C)c1. The molecule has 0 radical (unpaired) electrons. The zero-order chi connectivity index (χ0) is 27.0. The minimum absolute atomic E-state index is 0.0650. The molecule has 0 spiro atoms. The maximum absolute atomic E-state index is 13.7. The molecule has 2 aromatic carbocycles. The highest BCUT2D eigenvalue weighted by Gasteiger charge is 2.31. The van der Waals surface area contributed by atoms with Gasteiger partial charge in [0, 0.05) is 18.7 Å². The molecule has 0 aliphatic heterocycles. The van der Waals surface area contributed by atoms with Crippen molar-refractivity contribution in [2.24, 2.45) is 0 Å². The molecule has 0 aliphatic rings. The van der Waals surface area contributed by atoms with E-state index >= 15 is 0 Å². The smallest absolute Gasteiger partial charge is 0.244 e. The number of hydrogen-bond donors (Lipinski definition) is 1. The van der Waals surface area contributed by atoms with Gasteiger partial charge in [-0.05, 0) is 50.6 Å². The highest BCUT2D eigenvalue weighted by molar-refractivity contribution is 7.92. The molecule has 10 nitrogen and oxygen atoms in total. The van der Waals surface area contributed by atoms with Gasteiger partial charge >= 0.3 is 0 Å². The van der Waals surface area contributed by atoms with Gasteiger partial charge in [0.2, 0.25) is 21.8 Å². The van der Waals surface area contributed by atoms with E-state index in [0.29, 0.717) is 11.5 Å². The Morgan fingerprint density at radius 1 is 0.944 bits per heavy atom. The van der Waals surface area contributed by atoms with Gasteiger partial charge in [-0.2, -0.15) is 0 Å². The lowest BCUT2D eigenvalue weighted by molar-refractivity contribution is -0.139. The van der Waals surface area contributed by atoms with Gasteiger partial charge in [0.05, 0.1) is 33.3 Å². The Morgan fingerprint density at radius 2 is 1.58 bits per heavy atom. The first-order valence-corrected chi connectivity index (χ1v) is 13.2. The van der Waals surface area contributed by atoms with Crippen LogP contribution in [-0.2, 0) is 26.2 Å². The fourth-order valence-corrected chi connectivity index (χ4v) is 4.39. The summed E-state index contributed by atoms with van der Waals surface area (Å²) in [7, 11) is 0.466. The number of rotatable bonds is 12. The summed E-state index contributed by atoms with van der Waals surface area (Å²) in [4.78, 5) is 27.9. The van der Waals surface area contributed by atoms with Crippen LogP contribution in [0.15, 0.2) is 42.5 Å². The second kappa shape index (κ2) is 12.5. The van der Waals surface area contributed by atoms with Crippen LogP contribution in [0, 0.1) is 0 Å². The van der Waals surface area contributed by atoms with E-state index in [1.165, 1.54) is 32.3 Å². The molecule has 0 fully saturated rings. The molecule has 0 aromatic heterocycles. The quantitative estimate of drug-likeness (QED) is 0.456. The Kier molecular flexibility index (Phi) is 9.97. The van der Waals surface area contributed by atoms with Crippen molar-refractivity contribution in [2.75, 3.05) is 38.4 Å². The number of benzene rings is 2. The molecule has 0 unspecified atom stereocenters. The summed E-state index contributed by atoms with van der Waals surface area (Å²) < 4.78 is 42.4. The van der Waals surface area contributed by atoms with Gasteiger partial charge in [-0.15, -0.1) is 0 Å². The summed E-state index contributed by atoms with van der Waals surface area (Å²) in [6, 6.07) is 10.8. The first kappa shape index (κ1) is 28.8. The molecule has 0 bridgehead atoms. The van der Waals surface area contributed by atoms with Gasteiger partial charge in [-0.1, -0.05) is 12.1 Å². The van der Waals surface area contributed by atoms with Crippen LogP contribution < -0.4 is 23.8 Å². The van der Waals surface area contributed by atoms with Crippen LogP contribution in [-0.4, -0.2) is 71.3 Å².